The van der Waals surface area contributed by atoms with Crippen molar-refractivity contribution in [3.63, 3.8) is 0 Å². The predicted octanol–water partition coefficient (Wildman–Crippen LogP) is 1.59. The average Bonchev–Trinajstić information content (AvgIpc) is 2.43. The number of benzene rings is 1. The highest BCUT2D eigenvalue weighted by Crippen LogP contribution is 2.28. The molecule has 0 aliphatic carbocycles. The van der Waals surface area contributed by atoms with Crippen molar-refractivity contribution in [2.75, 3.05) is 32.9 Å². The summed E-state index contributed by atoms with van der Waals surface area (Å²) < 4.78 is 5.21. The Hall–Kier alpha value is -1.76. The molecule has 114 valence electrons. The summed E-state index contributed by atoms with van der Waals surface area (Å²) in [4.78, 5) is 12.5. The first-order valence-electron chi connectivity index (χ1n) is 6.84. The van der Waals surface area contributed by atoms with Gasteiger partial charge in [0.05, 0.1) is 30.2 Å². The van der Waals surface area contributed by atoms with Gasteiger partial charge < -0.3 is 9.84 Å². The van der Waals surface area contributed by atoms with Crippen molar-refractivity contribution in [1.82, 2.24) is 4.90 Å². The zero-order valence-corrected chi connectivity index (χ0v) is 11.9. The number of non-ortho nitro benzene ring substituents is 1. The van der Waals surface area contributed by atoms with Crippen LogP contribution in [0.4, 0.5) is 5.69 Å². The average molecular weight is 292 g/mol. The van der Waals surface area contributed by atoms with Crippen LogP contribution in [-0.2, 0) is 11.3 Å². The molecule has 1 N–H and O–H groups in total. The van der Waals surface area contributed by atoms with Gasteiger partial charge in [0.15, 0.2) is 0 Å². The Bertz CT molecular complexity index is 509. The van der Waals surface area contributed by atoms with Crippen molar-refractivity contribution in [1.29, 1.82) is 0 Å². The largest absolute Gasteiger partial charge is 0.396 e. The Morgan fingerprint density at radius 3 is 2.81 bits per heavy atom. The SMILES string of the molecule is C=CCN(Cc1cccc([N+](=O)[O-])c1)CC1(CO)COC1. The first-order chi connectivity index (χ1) is 10.1. The Morgan fingerprint density at radius 2 is 2.29 bits per heavy atom. The van der Waals surface area contributed by atoms with Gasteiger partial charge in [-0.1, -0.05) is 18.2 Å². The van der Waals surface area contributed by atoms with E-state index < -0.39 is 4.92 Å². The van der Waals surface area contributed by atoms with Crippen molar-refractivity contribution < 1.29 is 14.8 Å². The molecule has 0 amide bonds. The van der Waals surface area contributed by atoms with Crippen LogP contribution >= 0.6 is 0 Å². The molecule has 0 radical (unpaired) electrons. The van der Waals surface area contributed by atoms with Gasteiger partial charge in [0, 0.05) is 31.8 Å². The van der Waals surface area contributed by atoms with Crippen molar-refractivity contribution in [2.45, 2.75) is 6.54 Å². The van der Waals surface area contributed by atoms with Crippen LogP contribution in [0.25, 0.3) is 0 Å². The summed E-state index contributed by atoms with van der Waals surface area (Å²) in [5.74, 6) is 0. The van der Waals surface area contributed by atoms with Crippen LogP contribution in [0.15, 0.2) is 36.9 Å². The third-order valence-corrected chi connectivity index (χ3v) is 3.63. The molecule has 1 fully saturated rings. The van der Waals surface area contributed by atoms with E-state index in [0.717, 1.165) is 5.56 Å². The molecule has 0 unspecified atom stereocenters. The molecule has 1 heterocycles. The molecule has 0 atom stereocenters. The summed E-state index contributed by atoms with van der Waals surface area (Å²) in [5, 5.41) is 20.3. The molecule has 1 aliphatic rings. The van der Waals surface area contributed by atoms with Crippen LogP contribution in [0.2, 0.25) is 0 Å². The van der Waals surface area contributed by atoms with Crippen LogP contribution in [0.3, 0.4) is 0 Å². The second-order valence-corrected chi connectivity index (χ2v) is 5.54. The lowest BCUT2D eigenvalue weighted by Gasteiger charge is -2.43. The molecular formula is C15H20N2O4. The molecule has 2 rings (SSSR count). The van der Waals surface area contributed by atoms with Crippen LogP contribution in [0, 0.1) is 15.5 Å². The second-order valence-electron chi connectivity index (χ2n) is 5.54. The predicted molar refractivity (Wildman–Crippen MR) is 78.9 cm³/mol. The molecular weight excluding hydrogens is 272 g/mol. The Balaban J connectivity index is 2.07. The molecule has 1 aromatic carbocycles. The topological polar surface area (TPSA) is 75.8 Å². The fourth-order valence-electron chi connectivity index (χ4n) is 2.49. The number of aliphatic hydroxyl groups excluding tert-OH is 1. The molecule has 0 aromatic heterocycles. The van der Waals surface area contributed by atoms with Gasteiger partial charge in [0.25, 0.3) is 5.69 Å². The lowest BCUT2D eigenvalue weighted by Crippen LogP contribution is -2.53. The smallest absolute Gasteiger partial charge is 0.269 e. The van der Waals surface area contributed by atoms with E-state index >= 15 is 0 Å². The number of aliphatic hydroxyl groups is 1. The zero-order valence-electron chi connectivity index (χ0n) is 11.9. The maximum absolute atomic E-state index is 10.8. The molecule has 0 bridgehead atoms. The van der Waals surface area contributed by atoms with E-state index in [1.165, 1.54) is 6.07 Å². The highest BCUT2D eigenvalue weighted by Gasteiger charge is 2.39. The van der Waals surface area contributed by atoms with E-state index in [1.54, 1.807) is 18.2 Å². The molecule has 0 saturated carbocycles. The summed E-state index contributed by atoms with van der Waals surface area (Å²) in [6.45, 7) is 6.83. The van der Waals surface area contributed by atoms with Gasteiger partial charge in [0.1, 0.15) is 0 Å². The van der Waals surface area contributed by atoms with Gasteiger partial charge in [0.2, 0.25) is 0 Å². The van der Waals surface area contributed by atoms with Gasteiger partial charge in [-0.3, -0.25) is 15.0 Å². The summed E-state index contributed by atoms with van der Waals surface area (Å²) >= 11 is 0. The van der Waals surface area contributed by atoms with Gasteiger partial charge in [-0.2, -0.15) is 0 Å². The Morgan fingerprint density at radius 1 is 1.52 bits per heavy atom. The van der Waals surface area contributed by atoms with Gasteiger partial charge >= 0.3 is 0 Å². The Labute approximate surface area is 123 Å². The second kappa shape index (κ2) is 6.80. The maximum Gasteiger partial charge on any atom is 0.269 e. The minimum absolute atomic E-state index is 0.0789. The molecule has 21 heavy (non-hydrogen) atoms. The first-order valence-corrected chi connectivity index (χ1v) is 6.84. The van der Waals surface area contributed by atoms with Crippen molar-refractivity contribution in [3.05, 3.63) is 52.6 Å². The first kappa shape index (κ1) is 15.6. The highest BCUT2D eigenvalue weighted by molar-refractivity contribution is 5.34. The summed E-state index contributed by atoms with van der Waals surface area (Å²) in [6.07, 6.45) is 1.79. The van der Waals surface area contributed by atoms with E-state index in [1.807, 2.05) is 6.07 Å². The standard InChI is InChI=1S/C15H20N2O4/c1-2-6-16(9-15(10-18)11-21-12-15)8-13-4-3-5-14(7-13)17(19)20/h2-5,7,18H,1,6,8-12H2. The van der Waals surface area contributed by atoms with E-state index in [-0.39, 0.29) is 17.7 Å². The van der Waals surface area contributed by atoms with E-state index in [9.17, 15) is 15.2 Å². The molecule has 1 aromatic rings. The van der Waals surface area contributed by atoms with Crippen LogP contribution < -0.4 is 0 Å². The maximum atomic E-state index is 10.8. The van der Waals surface area contributed by atoms with Crippen molar-refractivity contribution >= 4 is 5.69 Å². The number of rotatable bonds is 8. The highest BCUT2D eigenvalue weighted by atomic mass is 16.6. The van der Waals surface area contributed by atoms with Crippen LogP contribution in [-0.4, -0.2) is 47.8 Å². The van der Waals surface area contributed by atoms with Crippen LogP contribution in [0.1, 0.15) is 5.56 Å². The summed E-state index contributed by atoms with van der Waals surface area (Å²) in [6, 6.07) is 6.62. The Kier molecular flexibility index (Phi) is 5.06. The van der Waals surface area contributed by atoms with Gasteiger partial charge in [-0.05, 0) is 5.56 Å². The third-order valence-electron chi connectivity index (χ3n) is 3.63. The minimum atomic E-state index is -0.393. The number of nitrogens with zero attached hydrogens (tertiary/aromatic N) is 2. The number of ether oxygens (including phenoxy) is 1. The fraction of sp³-hybridized carbons (Fsp3) is 0.467. The number of nitro benzene ring substituents is 1. The third kappa shape index (κ3) is 3.87. The number of nitro groups is 1. The number of hydrogen-bond acceptors (Lipinski definition) is 5. The summed E-state index contributed by atoms with van der Waals surface area (Å²) in [5.41, 5.74) is 0.748. The van der Waals surface area contributed by atoms with Gasteiger partial charge in [-0.15, -0.1) is 6.58 Å². The minimum Gasteiger partial charge on any atom is -0.396 e. The van der Waals surface area contributed by atoms with E-state index in [2.05, 4.69) is 11.5 Å². The molecule has 0 spiro atoms. The van der Waals surface area contributed by atoms with Crippen molar-refractivity contribution in [2.24, 2.45) is 5.41 Å². The van der Waals surface area contributed by atoms with Gasteiger partial charge in [-0.25, -0.2) is 0 Å². The molecule has 6 heteroatoms. The zero-order chi connectivity index (χ0) is 15.3. The molecule has 1 saturated heterocycles. The molecule has 6 nitrogen and oxygen atoms in total. The fourth-order valence-corrected chi connectivity index (χ4v) is 2.49. The van der Waals surface area contributed by atoms with E-state index in [4.69, 9.17) is 4.74 Å². The molecule has 1 aliphatic heterocycles. The summed E-state index contributed by atoms with van der Waals surface area (Å²) in [7, 11) is 0. The van der Waals surface area contributed by atoms with E-state index in [0.29, 0.717) is 32.8 Å². The van der Waals surface area contributed by atoms with Crippen molar-refractivity contribution in [3.8, 4) is 0 Å². The number of hydrogen-bond donors (Lipinski definition) is 1. The normalized spacial score (nSPS) is 16.5. The lowest BCUT2D eigenvalue weighted by molar-refractivity contribution is -0.384. The quantitative estimate of drug-likeness (QED) is 0.447. The van der Waals surface area contributed by atoms with Crippen LogP contribution in [0.5, 0.6) is 0 Å². The lowest BCUT2D eigenvalue weighted by atomic mass is 9.86. The monoisotopic (exact) mass is 292 g/mol.